The van der Waals surface area contributed by atoms with Crippen molar-refractivity contribution in [1.82, 2.24) is 0 Å². The van der Waals surface area contributed by atoms with Crippen LogP contribution in [0.2, 0.25) is 0 Å². The summed E-state index contributed by atoms with van der Waals surface area (Å²) in [6, 6.07) is 16.4. The molecule has 0 radical (unpaired) electrons. The van der Waals surface area contributed by atoms with Gasteiger partial charge in [0.2, 0.25) is 0 Å². The lowest BCUT2D eigenvalue weighted by molar-refractivity contribution is -0.174. The number of ether oxygens (including phenoxy) is 6. The molecule has 0 N–H and O–H groups in total. The highest BCUT2D eigenvalue weighted by Gasteiger charge is 2.69. The standard InChI is InChI=1S/C28H30O9/c1-32-19-9-11-20(12-10-19)36-23(15-16-35-17-18-7-5-4-6-8-18)28-22(29)14-13-21(37-28)24(26(30)33-2)25(28)27(31)34-3/h4-14,21,23-25H,15-17H2,1-3H3/t21-,23?,24?,25?,28-/m0/s1. The van der Waals surface area contributed by atoms with Crippen LogP contribution in [-0.2, 0) is 39.9 Å². The predicted octanol–water partition coefficient (Wildman–Crippen LogP) is 2.90. The van der Waals surface area contributed by atoms with Crippen LogP contribution in [0.15, 0.2) is 66.7 Å². The maximum absolute atomic E-state index is 13.5. The van der Waals surface area contributed by atoms with Crippen LogP contribution in [0.1, 0.15) is 12.0 Å². The fourth-order valence-electron chi connectivity index (χ4n) is 4.93. The van der Waals surface area contributed by atoms with Gasteiger partial charge in [0.25, 0.3) is 0 Å². The predicted molar refractivity (Wildman–Crippen MR) is 131 cm³/mol. The number of benzene rings is 2. The first kappa shape index (κ1) is 26.4. The van der Waals surface area contributed by atoms with E-state index in [2.05, 4.69) is 0 Å². The molecule has 0 amide bonds. The highest BCUT2D eigenvalue weighted by Crippen LogP contribution is 2.49. The Hall–Kier alpha value is -3.69. The number of methoxy groups -OCH3 is 3. The summed E-state index contributed by atoms with van der Waals surface area (Å²) in [5, 5.41) is 0. The lowest BCUT2D eigenvalue weighted by Gasteiger charge is -2.39. The van der Waals surface area contributed by atoms with E-state index < -0.39 is 47.4 Å². The van der Waals surface area contributed by atoms with Gasteiger partial charge >= 0.3 is 11.9 Å². The van der Waals surface area contributed by atoms with Gasteiger partial charge in [-0.3, -0.25) is 14.4 Å². The summed E-state index contributed by atoms with van der Waals surface area (Å²) in [4.78, 5) is 39.4. The molecular formula is C28H30O9. The van der Waals surface area contributed by atoms with Crippen molar-refractivity contribution in [3.05, 3.63) is 72.3 Å². The lowest BCUT2D eigenvalue weighted by atomic mass is 9.74. The largest absolute Gasteiger partial charge is 0.497 e. The van der Waals surface area contributed by atoms with E-state index in [1.54, 1.807) is 31.4 Å². The summed E-state index contributed by atoms with van der Waals surface area (Å²) in [6.07, 6.45) is 1.15. The Kier molecular flexibility index (Phi) is 8.25. The van der Waals surface area contributed by atoms with Gasteiger partial charge < -0.3 is 28.4 Å². The molecule has 2 aromatic rings. The minimum absolute atomic E-state index is 0.187. The molecule has 5 atom stereocenters. The second-order valence-corrected chi connectivity index (χ2v) is 8.76. The molecule has 0 saturated carbocycles. The first-order valence-electron chi connectivity index (χ1n) is 11.9. The molecule has 9 nitrogen and oxygen atoms in total. The second-order valence-electron chi connectivity index (χ2n) is 8.76. The van der Waals surface area contributed by atoms with Crippen LogP contribution in [0.5, 0.6) is 11.5 Å². The van der Waals surface area contributed by atoms with Gasteiger partial charge in [0, 0.05) is 6.42 Å². The van der Waals surface area contributed by atoms with E-state index in [0.29, 0.717) is 18.1 Å². The van der Waals surface area contributed by atoms with Gasteiger partial charge in [-0.25, -0.2) is 0 Å². The zero-order valence-electron chi connectivity index (χ0n) is 21.0. The normalized spacial score (nSPS) is 24.8. The van der Waals surface area contributed by atoms with Gasteiger partial charge in [-0.2, -0.15) is 0 Å². The third-order valence-electron chi connectivity index (χ3n) is 6.71. The van der Waals surface area contributed by atoms with E-state index in [0.717, 1.165) is 5.56 Å². The topological polar surface area (TPSA) is 107 Å². The van der Waals surface area contributed by atoms with Gasteiger partial charge in [-0.1, -0.05) is 36.4 Å². The zero-order chi connectivity index (χ0) is 26.4. The molecule has 0 aromatic heterocycles. The third-order valence-corrected chi connectivity index (χ3v) is 6.71. The molecule has 3 unspecified atom stereocenters. The minimum atomic E-state index is -1.82. The summed E-state index contributed by atoms with van der Waals surface area (Å²) in [5.41, 5.74) is -0.832. The second kappa shape index (κ2) is 11.6. The number of carbonyl (C=O) groups excluding carboxylic acids is 3. The third kappa shape index (κ3) is 5.23. The van der Waals surface area contributed by atoms with Crippen LogP contribution < -0.4 is 9.47 Å². The van der Waals surface area contributed by atoms with Crippen LogP contribution in [0.4, 0.5) is 0 Å². The summed E-state index contributed by atoms with van der Waals surface area (Å²) in [5.74, 6) is -3.24. The van der Waals surface area contributed by atoms with Crippen molar-refractivity contribution in [3.63, 3.8) is 0 Å². The highest BCUT2D eigenvalue weighted by atomic mass is 16.6. The van der Waals surface area contributed by atoms with Crippen LogP contribution in [0.25, 0.3) is 0 Å². The Labute approximate surface area is 215 Å². The van der Waals surface area contributed by atoms with E-state index in [1.807, 2.05) is 30.3 Å². The molecule has 0 spiro atoms. The first-order chi connectivity index (χ1) is 17.9. The Morgan fingerprint density at radius 3 is 2.27 bits per heavy atom. The van der Waals surface area contributed by atoms with E-state index in [-0.39, 0.29) is 13.0 Å². The quantitative estimate of drug-likeness (QED) is 0.333. The lowest BCUT2D eigenvalue weighted by Crippen LogP contribution is -2.59. The van der Waals surface area contributed by atoms with E-state index in [4.69, 9.17) is 28.4 Å². The molecule has 0 aliphatic carbocycles. The van der Waals surface area contributed by atoms with Gasteiger partial charge in [-0.15, -0.1) is 0 Å². The monoisotopic (exact) mass is 510 g/mol. The highest BCUT2D eigenvalue weighted by molar-refractivity contribution is 6.04. The fraction of sp³-hybridized carbons (Fsp3) is 0.393. The summed E-state index contributed by atoms with van der Waals surface area (Å²) >= 11 is 0. The molecule has 2 aliphatic heterocycles. The average molecular weight is 511 g/mol. The zero-order valence-corrected chi connectivity index (χ0v) is 21.0. The van der Waals surface area contributed by atoms with E-state index in [9.17, 15) is 14.4 Å². The van der Waals surface area contributed by atoms with Crippen LogP contribution >= 0.6 is 0 Å². The maximum atomic E-state index is 13.5. The number of ketones is 1. The van der Waals surface area contributed by atoms with Crippen molar-refractivity contribution < 1.29 is 42.8 Å². The number of hydrogen-bond acceptors (Lipinski definition) is 9. The number of fused-ring (bicyclic) bond motifs is 2. The number of hydrogen-bond donors (Lipinski definition) is 0. The summed E-state index contributed by atoms with van der Waals surface area (Å²) in [6.45, 7) is 0.547. The smallest absolute Gasteiger partial charge is 0.313 e. The molecule has 2 bridgehead atoms. The molecule has 1 fully saturated rings. The van der Waals surface area contributed by atoms with Crippen molar-refractivity contribution >= 4 is 17.7 Å². The van der Waals surface area contributed by atoms with Crippen LogP contribution in [0.3, 0.4) is 0 Å². The Bertz CT molecular complexity index is 1130. The van der Waals surface area contributed by atoms with Gasteiger partial charge in [0.15, 0.2) is 11.4 Å². The fourth-order valence-corrected chi connectivity index (χ4v) is 4.93. The summed E-state index contributed by atoms with van der Waals surface area (Å²) in [7, 11) is 3.97. The van der Waals surface area contributed by atoms with Crippen LogP contribution in [0, 0.1) is 11.8 Å². The van der Waals surface area contributed by atoms with Gasteiger partial charge in [0.05, 0.1) is 40.6 Å². The molecule has 9 heteroatoms. The van der Waals surface area contributed by atoms with Crippen molar-refractivity contribution in [3.8, 4) is 11.5 Å². The number of carbonyl (C=O) groups is 3. The molecular weight excluding hydrogens is 480 g/mol. The molecule has 2 aliphatic rings. The average Bonchev–Trinajstić information content (AvgIpc) is 3.23. The van der Waals surface area contributed by atoms with E-state index in [1.165, 1.54) is 26.4 Å². The van der Waals surface area contributed by atoms with Gasteiger partial charge in [0.1, 0.15) is 29.4 Å². The number of esters is 2. The van der Waals surface area contributed by atoms with E-state index >= 15 is 0 Å². The molecule has 2 heterocycles. The SMILES string of the molecule is COC(=O)C1C(C(=O)OC)[C@]2(C(CCOCc3ccccc3)Oc3ccc(OC)cc3)O[C@H]1C=CC2=O. The maximum Gasteiger partial charge on any atom is 0.313 e. The van der Waals surface area contributed by atoms with Crippen molar-refractivity contribution in [2.45, 2.75) is 30.8 Å². The van der Waals surface area contributed by atoms with Crippen molar-refractivity contribution in [2.24, 2.45) is 11.8 Å². The molecule has 196 valence electrons. The van der Waals surface area contributed by atoms with Crippen molar-refractivity contribution in [1.29, 1.82) is 0 Å². The Morgan fingerprint density at radius 2 is 1.62 bits per heavy atom. The molecule has 1 saturated heterocycles. The van der Waals surface area contributed by atoms with Crippen molar-refractivity contribution in [2.75, 3.05) is 27.9 Å². The Balaban J connectivity index is 1.67. The Morgan fingerprint density at radius 1 is 0.946 bits per heavy atom. The van der Waals surface area contributed by atoms with Gasteiger partial charge in [-0.05, 0) is 35.9 Å². The van der Waals surface area contributed by atoms with Crippen LogP contribution in [-0.4, -0.2) is 63.5 Å². The minimum Gasteiger partial charge on any atom is -0.497 e. The first-order valence-corrected chi connectivity index (χ1v) is 11.9. The molecule has 4 rings (SSSR count). The molecule has 37 heavy (non-hydrogen) atoms. The molecule has 2 aromatic carbocycles. The summed E-state index contributed by atoms with van der Waals surface area (Å²) < 4.78 is 33.6. The number of rotatable bonds is 11.